The second kappa shape index (κ2) is 9.63. The fourth-order valence-corrected chi connectivity index (χ4v) is 5.43. The third-order valence-corrected chi connectivity index (χ3v) is 7.17. The highest BCUT2D eigenvalue weighted by molar-refractivity contribution is 7.99. The molecule has 1 fully saturated rings. The molecule has 0 spiro atoms. The number of allylic oxidation sites excluding steroid dienone is 1. The number of rotatable bonds is 5. The van der Waals surface area contributed by atoms with Crippen LogP contribution in [-0.2, 0) is 4.79 Å². The Balaban J connectivity index is 1.46. The molecule has 2 aliphatic rings. The van der Waals surface area contributed by atoms with Crippen molar-refractivity contribution < 1.29 is 9.52 Å². The van der Waals surface area contributed by atoms with E-state index in [9.17, 15) is 10.0 Å². The lowest BCUT2D eigenvalue weighted by molar-refractivity contribution is -0.645. The minimum absolute atomic E-state index is 0.0846. The Labute approximate surface area is 198 Å². The highest BCUT2D eigenvalue weighted by Gasteiger charge is 2.43. The molecule has 6 heteroatoms. The number of benzene rings is 2. The Morgan fingerprint density at radius 2 is 1.79 bits per heavy atom. The van der Waals surface area contributed by atoms with Crippen LogP contribution in [0.5, 0.6) is 0 Å². The van der Waals surface area contributed by atoms with Crippen LogP contribution >= 0.6 is 11.8 Å². The van der Waals surface area contributed by atoms with Crippen molar-refractivity contribution in [3.05, 3.63) is 107 Å². The van der Waals surface area contributed by atoms with Crippen molar-refractivity contribution in [1.82, 2.24) is 5.01 Å². The molecule has 2 aromatic carbocycles. The summed E-state index contributed by atoms with van der Waals surface area (Å²) >= 11 is 1.25. The van der Waals surface area contributed by atoms with Gasteiger partial charge in [-0.2, -0.15) is 9.83 Å². The minimum atomic E-state index is -0.121. The van der Waals surface area contributed by atoms with Crippen molar-refractivity contribution in [3.63, 3.8) is 0 Å². The number of hydrogen-bond acceptors (Lipinski definition) is 4. The number of pyridine rings is 1. The molecule has 5 nitrogen and oxygen atoms in total. The van der Waals surface area contributed by atoms with Gasteiger partial charge < -0.3 is 5.21 Å². The second-order valence-electron chi connectivity index (χ2n) is 8.31. The second-order valence-corrected chi connectivity index (χ2v) is 9.31. The molecule has 1 aliphatic carbocycles. The summed E-state index contributed by atoms with van der Waals surface area (Å²) in [6, 6.07) is 25.6. The third kappa shape index (κ3) is 4.57. The Morgan fingerprint density at radius 1 is 1.06 bits per heavy atom. The van der Waals surface area contributed by atoms with E-state index in [1.807, 2.05) is 36.4 Å². The molecule has 1 amide bonds. The van der Waals surface area contributed by atoms with Crippen molar-refractivity contribution >= 4 is 29.5 Å². The number of fused-ring (bicyclic) bond motifs is 1. The highest BCUT2D eigenvalue weighted by Crippen LogP contribution is 2.44. The van der Waals surface area contributed by atoms with E-state index in [2.05, 4.69) is 30.3 Å². The summed E-state index contributed by atoms with van der Waals surface area (Å²) in [5.74, 6) is 0.251. The summed E-state index contributed by atoms with van der Waals surface area (Å²) in [4.78, 5) is 13.4. The first kappa shape index (κ1) is 21.5. The quantitative estimate of drug-likeness (QED) is 0.300. The Kier molecular flexibility index (Phi) is 6.26. The lowest BCUT2D eigenvalue weighted by Gasteiger charge is -2.29. The van der Waals surface area contributed by atoms with Gasteiger partial charge in [0.25, 0.3) is 10.9 Å². The molecule has 0 N–H and O–H groups in total. The van der Waals surface area contributed by atoms with Gasteiger partial charge in [0, 0.05) is 18.1 Å². The molecule has 166 valence electrons. The SMILES string of the molecule is O=C(CSc1cccc[n+]1[O-])N1N=C2/C(=C/c3ccccc3)CCCC2C1c1ccccc1. The predicted octanol–water partition coefficient (Wildman–Crippen LogP) is 5.24. The van der Waals surface area contributed by atoms with Crippen molar-refractivity contribution in [2.24, 2.45) is 11.0 Å². The smallest absolute Gasteiger partial charge is 0.253 e. The molecule has 1 saturated carbocycles. The number of carbonyl (C=O) groups excluding carboxylic acids is 1. The van der Waals surface area contributed by atoms with E-state index in [-0.39, 0.29) is 23.6 Å². The van der Waals surface area contributed by atoms with E-state index >= 15 is 0 Å². The molecule has 1 aromatic heterocycles. The molecule has 2 atom stereocenters. The number of hydrazone groups is 1. The minimum Gasteiger partial charge on any atom is -0.618 e. The van der Waals surface area contributed by atoms with Gasteiger partial charge in [0.2, 0.25) is 0 Å². The van der Waals surface area contributed by atoms with Crippen LogP contribution in [0.4, 0.5) is 0 Å². The van der Waals surface area contributed by atoms with Crippen molar-refractivity contribution in [3.8, 4) is 0 Å². The number of hydrogen-bond donors (Lipinski definition) is 0. The van der Waals surface area contributed by atoms with E-state index in [1.165, 1.54) is 23.5 Å². The van der Waals surface area contributed by atoms with Crippen molar-refractivity contribution in [1.29, 1.82) is 0 Å². The fraction of sp³-hybridized carbons (Fsp3) is 0.222. The van der Waals surface area contributed by atoms with Crippen molar-refractivity contribution in [2.75, 3.05) is 5.75 Å². The van der Waals surface area contributed by atoms with Gasteiger partial charge in [-0.3, -0.25) is 4.79 Å². The Morgan fingerprint density at radius 3 is 2.55 bits per heavy atom. The maximum Gasteiger partial charge on any atom is 0.253 e. The predicted molar refractivity (Wildman–Crippen MR) is 131 cm³/mol. The molecule has 33 heavy (non-hydrogen) atoms. The molecule has 1 aliphatic heterocycles. The first-order chi connectivity index (χ1) is 16.2. The normalized spacial score (nSPS) is 21.0. The average Bonchev–Trinajstić information content (AvgIpc) is 3.25. The molecule has 3 aromatic rings. The van der Waals surface area contributed by atoms with Crippen molar-refractivity contribution in [2.45, 2.75) is 30.3 Å². The van der Waals surface area contributed by atoms with Crippen LogP contribution in [0, 0.1) is 11.1 Å². The van der Waals surface area contributed by atoms with Crippen LogP contribution in [0.3, 0.4) is 0 Å². The summed E-state index contributed by atoms with van der Waals surface area (Å²) in [5, 5.41) is 19.1. The zero-order valence-electron chi connectivity index (χ0n) is 18.2. The van der Waals surface area contributed by atoms with Gasteiger partial charge in [-0.1, -0.05) is 60.7 Å². The highest BCUT2D eigenvalue weighted by atomic mass is 32.2. The number of amides is 1. The zero-order valence-corrected chi connectivity index (χ0v) is 19.0. The molecule has 2 heterocycles. The van der Waals surface area contributed by atoms with Crippen LogP contribution in [0.2, 0.25) is 0 Å². The molecule has 5 rings (SSSR count). The molecule has 0 bridgehead atoms. The molecular weight excluding hydrogens is 430 g/mol. The number of nitrogens with zero attached hydrogens (tertiary/aromatic N) is 3. The number of thioether (sulfide) groups is 1. The maximum absolute atomic E-state index is 13.4. The molecule has 2 unspecified atom stereocenters. The van der Waals surface area contributed by atoms with Gasteiger partial charge in [-0.25, -0.2) is 5.01 Å². The largest absolute Gasteiger partial charge is 0.618 e. The summed E-state index contributed by atoms with van der Waals surface area (Å²) in [5.41, 5.74) is 4.48. The molecular formula is C27H25N3O2S. The lowest BCUT2D eigenvalue weighted by atomic mass is 9.77. The topological polar surface area (TPSA) is 59.6 Å². The van der Waals surface area contributed by atoms with Crippen LogP contribution in [0.25, 0.3) is 6.08 Å². The van der Waals surface area contributed by atoms with E-state index in [4.69, 9.17) is 5.10 Å². The summed E-state index contributed by atoms with van der Waals surface area (Å²) in [7, 11) is 0. The van der Waals surface area contributed by atoms with Crippen LogP contribution in [-0.4, -0.2) is 22.4 Å². The fourth-order valence-electron chi connectivity index (χ4n) is 4.67. The molecule has 0 radical (unpaired) electrons. The maximum atomic E-state index is 13.4. The summed E-state index contributed by atoms with van der Waals surface area (Å²) in [6.45, 7) is 0. The van der Waals surface area contributed by atoms with E-state index in [1.54, 1.807) is 23.2 Å². The van der Waals surface area contributed by atoms with Gasteiger partial charge in [0.15, 0.2) is 6.20 Å². The van der Waals surface area contributed by atoms with Crippen LogP contribution in [0.15, 0.2) is 101 Å². The van der Waals surface area contributed by atoms with Gasteiger partial charge in [-0.05, 0) is 59.9 Å². The van der Waals surface area contributed by atoms with E-state index < -0.39 is 0 Å². The van der Waals surface area contributed by atoms with E-state index in [0.29, 0.717) is 5.03 Å². The monoisotopic (exact) mass is 455 g/mol. The van der Waals surface area contributed by atoms with Crippen LogP contribution < -0.4 is 4.73 Å². The van der Waals surface area contributed by atoms with Gasteiger partial charge in [-0.15, -0.1) is 0 Å². The number of aromatic nitrogens is 1. The summed E-state index contributed by atoms with van der Waals surface area (Å²) < 4.78 is 0.795. The first-order valence-electron chi connectivity index (χ1n) is 11.2. The first-order valence-corrected chi connectivity index (χ1v) is 12.2. The lowest BCUT2D eigenvalue weighted by Crippen LogP contribution is -2.33. The Hall–Kier alpha value is -3.38. The Bertz CT molecular complexity index is 1190. The van der Waals surface area contributed by atoms with Gasteiger partial charge in [0.1, 0.15) is 0 Å². The standard InChI is InChI=1S/C27H25N3O2S/c31-24(19-33-25-16-7-8-17-29(25)32)30-27(21-12-5-2-6-13-21)23-15-9-14-22(26(23)28-30)18-20-10-3-1-4-11-20/h1-8,10-13,16-18,23,27H,9,14-15,19H2/b22-18+. The van der Waals surface area contributed by atoms with Gasteiger partial charge >= 0.3 is 0 Å². The van der Waals surface area contributed by atoms with Crippen LogP contribution in [0.1, 0.15) is 36.4 Å². The van der Waals surface area contributed by atoms with Gasteiger partial charge in [0.05, 0.1) is 17.5 Å². The zero-order chi connectivity index (χ0) is 22.6. The third-order valence-electron chi connectivity index (χ3n) is 6.17. The molecule has 0 saturated heterocycles. The summed E-state index contributed by atoms with van der Waals surface area (Å²) in [6.07, 6.45) is 6.69. The number of carbonyl (C=O) groups is 1. The average molecular weight is 456 g/mol. The van der Waals surface area contributed by atoms with E-state index in [0.717, 1.165) is 40.8 Å².